The summed E-state index contributed by atoms with van der Waals surface area (Å²) in [4.78, 5) is 18.1. The number of nitrogens with zero attached hydrogens (tertiary/aromatic N) is 3. The van der Waals surface area contributed by atoms with E-state index in [1.54, 1.807) is 18.1 Å². The van der Waals surface area contributed by atoms with Crippen molar-refractivity contribution in [2.75, 3.05) is 13.6 Å². The van der Waals surface area contributed by atoms with Gasteiger partial charge in [-0.1, -0.05) is 6.07 Å². The van der Waals surface area contributed by atoms with Crippen molar-refractivity contribution in [3.05, 3.63) is 46.5 Å². The standard InChI is InChI=1S/C16H23N5O/c1-11-6-5-8-17-15(11)10-18-16(22)21(4)9-7-14-12(2)19-20-13(14)3/h5-6,8H,7,9-10H2,1-4H3,(H,18,22)(H,19,20). The van der Waals surface area contributed by atoms with Gasteiger partial charge in [-0.25, -0.2) is 4.79 Å². The number of hydrogen-bond acceptors (Lipinski definition) is 3. The summed E-state index contributed by atoms with van der Waals surface area (Å²) < 4.78 is 0. The summed E-state index contributed by atoms with van der Waals surface area (Å²) in [5.74, 6) is 0. The van der Waals surface area contributed by atoms with E-state index in [0.29, 0.717) is 13.1 Å². The van der Waals surface area contributed by atoms with Crippen molar-refractivity contribution in [1.29, 1.82) is 0 Å². The molecule has 0 spiro atoms. The van der Waals surface area contributed by atoms with Crippen LogP contribution in [0.15, 0.2) is 18.3 Å². The molecule has 22 heavy (non-hydrogen) atoms. The van der Waals surface area contributed by atoms with Crippen molar-refractivity contribution in [2.45, 2.75) is 33.7 Å². The number of pyridine rings is 1. The van der Waals surface area contributed by atoms with Crippen molar-refractivity contribution in [1.82, 2.24) is 25.4 Å². The first-order valence-electron chi connectivity index (χ1n) is 7.39. The monoisotopic (exact) mass is 301 g/mol. The Kier molecular flexibility index (Phi) is 5.14. The summed E-state index contributed by atoms with van der Waals surface area (Å²) in [6, 6.07) is 3.79. The van der Waals surface area contributed by atoms with Crippen molar-refractivity contribution < 1.29 is 4.79 Å². The number of aromatic amines is 1. The zero-order chi connectivity index (χ0) is 16.1. The van der Waals surface area contributed by atoms with Crippen LogP contribution in [-0.2, 0) is 13.0 Å². The average Bonchev–Trinajstić information content (AvgIpc) is 2.82. The molecule has 0 bridgehead atoms. The number of rotatable bonds is 5. The zero-order valence-electron chi connectivity index (χ0n) is 13.6. The highest BCUT2D eigenvalue weighted by atomic mass is 16.2. The number of carbonyl (C=O) groups excluding carboxylic acids is 1. The van der Waals surface area contributed by atoms with Crippen LogP contribution < -0.4 is 5.32 Å². The third kappa shape index (κ3) is 3.84. The van der Waals surface area contributed by atoms with E-state index in [1.165, 1.54) is 5.56 Å². The van der Waals surface area contributed by atoms with Gasteiger partial charge in [-0.2, -0.15) is 5.10 Å². The van der Waals surface area contributed by atoms with Gasteiger partial charge < -0.3 is 10.2 Å². The first-order valence-corrected chi connectivity index (χ1v) is 7.39. The minimum atomic E-state index is -0.0937. The Morgan fingerprint density at radius 3 is 2.77 bits per heavy atom. The lowest BCUT2D eigenvalue weighted by Gasteiger charge is -2.18. The first kappa shape index (κ1) is 16.0. The van der Waals surface area contributed by atoms with Gasteiger partial charge in [0.2, 0.25) is 0 Å². The molecule has 0 unspecified atom stereocenters. The Morgan fingerprint density at radius 2 is 2.14 bits per heavy atom. The predicted octanol–water partition coefficient (Wildman–Crippen LogP) is 2.11. The van der Waals surface area contributed by atoms with Crippen LogP contribution in [-0.4, -0.2) is 39.7 Å². The van der Waals surface area contributed by atoms with Gasteiger partial charge in [0.1, 0.15) is 0 Å². The normalized spacial score (nSPS) is 10.5. The zero-order valence-corrected chi connectivity index (χ0v) is 13.6. The van der Waals surface area contributed by atoms with Crippen molar-refractivity contribution in [2.24, 2.45) is 0 Å². The lowest BCUT2D eigenvalue weighted by molar-refractivity contribution is 0.208. The van der Waals surface area contributed by atoms with E-state index in [9.17, 15) is 4.79 Å². The highest BCUT2D eigenvalue weighted by Gasteiger charge is 2.12. The van der Waals surface area contributed by atoms with Crippen LogP contribution in [0.1, 0.15) is 28.2 Å². The molecule has 2 rings (SSSR count). The molecule has 2 aromatic heterocycles. The molecule has 0 fully saturated rings. The fraction of sp³-hybridized carbons (Fsp3) is 0.438. The fourth-order valence-corrected chi connectivity index (χ4v) is 2.32. The summed E-state index contributed by atoms with van der Waals surface area (Å²) in [6.07, 6.45) is 2.53. The predicted molar refractivity (Wildman–Crippen MR) is 85.6 cm³/mol. The molecule has 0 radical (unpaired) electrons. The van der Waals surface area contributed by atoms with Gasteiger partial charge in [0.25, 0.3) is 0 Å². The van der Waals surface area contributed by atoms with E-state index < -0.39 is 0 Å². The minimum absolute atomic E-state index is 0.0937. The SMILES string of the molecule is Cc1cccnc1CNC(=O)N(C)CCc1c(C)n[nH]c1C. The molecule has 0 aliphatic carbocycles. The molecule has 0 aliphatic rings. The number of carbonyl (C=O) groups is 1. The molecule has 0 atom stereocenters. The molecule has 0 saturated carbocycles. The first-order chi connectivity index (χ1) is 10.5. The third-order valence-electron chi connectivity index (χ3n) is 3.85. The lowest BCUT2D eigenvalue weighted by Crippen LogP contribution is -2.38. The lowest BCUT2D eigenvalue weighted by atomic mass is 10.1. The van der Waals surface area contributed by atoms with Crippen LogP contribution in [0.25, 0.3) is 0 Å². The van der Waals surface area contributed by atoms with Crippen LogP contribution in [0.4, 0.5) is 4.79 Å². The summed E-state index contributed by atoms with van der Waals surface area (Å²) in [6.45, 7) is 7.05. The van der Waals surface area contributed by atoms with Gasteiger partial charge in [0.05, 0.1) is 17.9 Å². The number of urea groups is 1. The summed E-state index contributed by atoms with van der Waals surface area (Å²) >= 11 is 0. The van der Waals surface area contributed by atoms with Crippen LogP contribution >= 0.6 is 0 Å². The summed E-state index contributed by atoms with van der Waals surface area (Å²) in [7, 11) is 1.80. The van der Waals surface area contributed by atoms with Crippen molar-refractivity contribution in [3.8, 4) is 0 Å². The summed E-state index contributed by atoms with van der Waals surface area (Å²) in [5, 5.41) is 10.0. The van der Waals surface area contributed by atoms with E-state index in [1.807, 2.05) is 32.9 Å². The molecule has 118 valence electrons. The Labute approximate surface area is 130 Å². The number of aryl methyl sites for hydroxylation is 3. The number of aromatic nitrogens is 3. The van der Waals surface area contributed by atoms with E-state index in [0.717, 1.165) is 29.1 Å². The fourth-order valence-electron chi connectivity index (χ4n) is 2.32. The van der Waals surface area contributed by atoms with E-state index in [2.05, 4.69) is 20.5 Å². The van der Waals surface area contributed by atoms with Crippen LogP contribution in [0.5, 0.6) is 0 Å². The van der Waals surface area contributed by atoms with Crippen LogP contribution in [0.3, 0.4) is 0 Å². The van der Waals surface area contributed by atoms with Gasteiger partial charge in [-0.3, -0.25) is 10.1 Å². The number of amides is 2. The molecule has 0 aromatic carbocycles. The second kappa shape index (κ2) is 7.06. The topological polar surface area (TPSA) is 73.9 Å². The maximum absolute atomic E-state index is 12.1. The molecular weight excluding hydrogens is 278 g/mol. The van der Waals surface area contributed by atoms with Gasteiger partial charge in [0, 0.05) is 25.5 Å². The largest absolute Gasteiger partial charge is 0.332 e. The number of hydrogen-bond donors (Lipinski definition) is 2. The molecular formula is C16H23N5O. The number of likely N-dealkylation sites (N-methyl/N-ethyl adjacent to an activating group) is 1. The highest BCUT2D eigenvalue weighted by Crippen LogP contribution is 2.10. The van der Waals surface area contributed by atoms with Crippen molar-refractivity contribution >= 4 is 6.03 Å². The Hall–Kier alpha value is -2.37. The van der Waals surface area contributed by atoms with Gasteiger partial charge in [-0.05, 0) is 44.4 Å². The van der Waals surface area contributed by atoms with Gasteiger partial charge in [0.15, 0.2) is 0 Å². The molecule has 0 aliphatic heterocycles. The maximum atomic E-state index is 12.1. The van der Waals surface area contributed by atoms with Crippen LogP contribution in [0, 0.1) is 20.8 Å². The van der Waals surface area contributed by atoms with Crippen LogP contribution in [0.2, 0.25) is 0 Å². The maximum Gasteiger partial charge on any atom is 0.317 e. The van der Waals surface area contributed by atoms with Gasteiger partial charge in [-0.15, -0.1) is 0 Å². The molecule has 0 saturated heterocycles. The van der Waals surface area contributed by atoms with Gasteiger partial charge >= 0.3 is 6.03 Å². The molecule has 2 aromatic rings. The number of nitrogens with one attached hydrogen (secondary N) is 2. The smallest absolute Gasteiger partial charge is 0.317 e. The molecule has 2 N–H and O–H groups in total. The molecule has 6 heteroatoms. The minimum Gasteiger partial charge on any atom is -0.332 e. The summed E-state index contributed by atoms with van der Waals surface area (Å²) in [5.41, 5.74) is 5.21. The number of H-pyrrole nitrogens is 1. The second-order valence-electron chi connectivity index (χ2n) is 5.51. The molecule has 2 amide bonds. The Morgan fingerprint density at radius 1 is 1.36 bits per heavy atom. The van der Waals surface area contributed by atoms with Crippen molar-refractivity contribution in [3.63, 3.8) is 0 Å². The molecule has 6 nitrogen and oxygen atoms in total. The Balaban J connectivity index is 1.84. The quantitative estimate of drug-likeness (QED) is 0.888. The third-order valence-corrected chi connectivity index (χ3v) is 3.85. The molecule has 2 heterocycles. The average molecular weight is 301 g/mol. The second-order valence-corrected chi connectivity index (χ2v) is 5.51. The van der Waals surface area contributed by atoms with E-state index in [-0.39, 0.29) is 6.03 Å². The van der Waals surface area contributed by atoms with E-state index in [4.69, 9.17) is 0 Å². The Bertz CT molecular complexity index is 630. The highest BCUT2D eigenvalue weighted by molar-refractivity contribution is 5.73. The van der Waals surface area contributed by atoms with E-state index >= 15 is 0 Å².